The topological polar surface area (TPSA) is 211 Å². The normalized spacial score (nSPS) is 38.5. The Labute approximate surface area is 234 Å². The van der Waals surface area contributed by atoms with Crippen molar-refractivity contribution in [3.05, 3.63) is 47.7 Å². The maximum Gasteiger partial charge on any atom is 0.339 e. The van der Waals surface area contributed by atoms with E-state index in [0.29, 0.717) is 11.3 Å². The van der Waals surface area contributed by atoms with Gasteiger partial charge in [0, 0.05) is 12.5 Å². The number of esters is 2. The van der Waals surface area contributed by atoms with Crippen molar-refractivity contribution in [1.82, 2.24) is 0 Å². The molecule has 1 saturated carbocycles. The zero-order valence-electron chi connectivity index (χ0n) is 22.5. The highest BCUT2D eigenvalue weighted by molar-refractivity contribution is 5.91. The highest BCUT2D eigenvalue weighted by atomic mass is 16.8. The smallest absolute Gasteiger partial charge is 0.339 e. The summed E-state index contributed by atoms with van der Waals surface area (Å²) < 4.78 is 31.9. The van der Waals surface area contributed by atoms with Gasteiger partial charge in [0.1, 0.15) is 53.0 Å². The van der Waals surface area contributed by atoms with Crippen molar-refractivity contribution in [3.63, 3.8) is 0 Å². The van der Waals surface area contributed by atoms with Crippen LogP contribution in [0.1, 0.15) is 18.9 Å². The molecule has 1 aromatic rings. The molecule has 0 bridgehead atoms. The van der Waals surface area contributed by atoms with Crippen molar-refractivity contribution >= 4 is 18.0 Å². The minimum absolute atomic E-state index is 0.383. The molecule has 226 valence electrons. The molecule has 14 heteroatoms. The lowest BCUT2D eigenvalue weighted by molar-refractivity contribution is -0.352. The fourth-order valence-corrected chi connectivity index (χ4v) is 5.37. The minimum atomic E-state index is -2.21. The minimum Gasteiger partial charge on any atom is -0.497 e. The summed E-state index contributed by atoms with van der Waals surface area (Å²) in [7, 11) is 2.60. The lowest BCUT2D eigenvalue weighted by Gasteiger charge is -2.46. The van der Waals surface area contributed by atoms with Gasteiger partial charge in [0.25, 0.3) is 0 Å². The van der Waals surface area contributed by atoms with Gasteiger partial charge in [-0.25, -0.2) is 9.59 Å². The lowest BCUT2D eigenvalue weighted by Crippen LogP contribution is -2.62. The summed E-state index contributed by atoms with van der Waals surface area (Å²) in [5, 5.41) is 63.4. The number of hydrogen-bond acceptors (Lipinski definition) is 14. The molecule has 3 aliphatic rings. The number of aliphatic hydroxyl groups is 6. The lowest BCUT2D eigenvalue weighted by atomic mass is 9.77. The first-order valence-electron chi connectivity index (χ1n) is 12.7. The van der Waals surface area contributed by atoms with E-state index in [4.69, 9.17) is 28.4 Å². The third-order valence-corrected chi connectivity index (χ3v) is 7.66. The molecule has 4 rings (SSSR count). The van der Waals surface area contributed by atoms with Gasteiger partial charge < -0.3 is 59.1 Å². The Kier molecular flexibility index (Phi) is 9.06. The summed E-state index contributed by atoms with van der Waals surface area (Å²) in [6.07, 6.45) is -8.29. The molecule has 2 fully saturated rings. The number of aliphatic hydroxyl groups excluding tert-OH is 4. The molecule has 14 nitrogen and oxygen atoms in total. The summed E-state index contributed by atoms with van der Waals surface area (Å²) >= 11 is 0. The Morgan fingerprint density at radius 2 is 1.73 bits per heavy atom. The number of hydrogen-bond donors (Lipinski definition) is 6. The van der Waals surface area contributed by atoms with Gasteiger partial charge in [0.15, 0.2) is 6.29 Å². The van der Waals surface area contributed by atoms with Crippen molar-refractivity contribution in [3.8, 4) is 5.75 Å². The predicted octanol–water partition coefficient (Wildman–Crippen LogP) is -1.65. The fraction of sp³-hybridized carbons (Fsp3) is 0.556. The van der Waals surface area contributed by atoms with Gasteiger partial charge in [0.05, 0.1) is 33.0 Å². The Balaban J connectivity index is 1.58. The van der Waals surface area contributed by atoms with Crippen LogP contribution in [0, 0.1) is 5.92 Å². The van der Waals surface area contributed by atoms with Crippen LogP contribution in [-0.4, -0.2) is 118 Å². The Morgan fingerprint density at radius 1 is 1.05 bits per heavy atom. The van der Waals surface area contributed by atoms with E-state index < -0.39 is 85.2 Å². The molecule has 0 radical (unpaired) electrons. The molecule has 6 N–H and O–H groups in total. The Morgan fingerprint density at radius 3 is 2.34 bits per heavy atom. The molecule has 2 aliphatic heterocycles. The van der Waals surface area contributed by atoms with E-state index in [9.17, 15) is 40.2 Å². The average molecular weight is 583 g/mol. The molecule has 0 unspecified atom stereocenters. The number of carbonyl (C=O) groups is 2. The van der Waals surface area contributed by atoms with Gasteiger partial charge in [-0.3, -0.25) is 0 Å². The maximum atomic E-state index is 12.7. The van der Waals surface area contributed by atoms with Gasteiger partial charge in [-0.2, -0.15) is 0 Å². The molecule has 1 aromatic carbocycles. The second-order valence-corrected chi connectivity index (χ2v) is 10.2. The molecular weight excluding hydrogens is 548 g/mol. The van der Waals surface area contributed by atoms with E-state index in [-0.39, 0.29) is 5.57 Å². The van der Waals surface area contributed by atoms with Gasteiger partial charge in [0.2, 0.25) is 6.29 Å². The van der Waals surface area contributed by atoms with E-state index in [1.807, 2.05) is 0 Å². The molecule has 41 heavy (non-hydrogen) atoms. The number of benzene rings is 1. The summed E-state index contributed by atoms with van der Waals surface area (Å²) in [5.74, 6) is -2.74. The average Bonchev–Trinajstić information content (AvgIpc) is 3.16. The number of fused-ring (bicyclic) bond motifs is 1. The van der Waals surface area contributed by atoms with Gasteiger partial charge in [-0.15, -0.1) is 0 Å². The first kappa shape index (κ1) is 30.9. The van der Waals surface area contributed by atoms with Crippen LogP contribution in [0.5, 0.6) is 5.75 Å². The van der Waals surface area contributed by atoms with Gasteiger partial charge >= 0.3 is 11.9 Å². The number of rotatable bonds is 8. The van der Waals surface area contributed by atoms with Gasteiger partial charge in [-0.05, 0) is 30.7 Å². The number of methoxy groups -OCH3 is 2. The van der Waals surface area contributed by atoms with Crippen LogP contribution in [0.15, 0.2) is 42.2 Å². The van der Waals surface area contributed by atoms with E-state index >= 15 is 0 Å². The van der Waals surface area contributed by atoms with Crippen LogP contribution in [-0.2, 0) is 33.3 Å². The van der Waals surface area contributed by atoms with Crippen LogP contribution in [0.4, 0.5) is 0 Å². The number of ether oxygens (including phenoxy) is 6. The van der Waals surface area contributed by atoms with Crippen LogP contribution < -0.4 is 4.74 Å². The first-order chi connectivity index (χ1) is 19.4. The second kappa shape index (κ2) is 12.0. The zero-order chi connectivity index (χ0) is 30.1. The second-order valence-electron chi connectivity index (χ2n) is 10.2. The van der Waals surface area contributed by atoms with Crippen LogP contribution >= 0.6 is 0 Å². The zero-order valence-corrected chi connectivity index (χ0v) is 22.5. The van der Waals surface area contributed by atoms with Crippen molar-refractivity contribution < 1.29 is 68.6 Å². The van der Waals surface area contributed by atoms with Crippen molar-refractivity contribution in [2.45, 2.75) is 67.6 Å². The largest absolute Gasteiger partial charge is 0.497 e. The Hall–Kier alpha value is -3.08. The molecule has 0 aromatic heterocycles. The first-order valence-corrected chi connectivity index (χ1v) is 12.7. The predicted molar refractivity (Wildman–Crippen MR) is 135 cm³/mol. The Bertz CT molecular complexity index is 1160. The third-order valence-electron chi connectivity index (χ3n) is 7.66. The van der Waals surface area contributed by atoms with E-state index in [1.54, 1.807) is 24.3 Å². The van der Waals surface area contributed by atoms with Crippen LogP contribution in [0.3, 0.4) is 0 Å². The summed E-state index contributed by atoms with van der Waals surface area (Å²) in [6.45, 7) is 0.518. The standard InChI is InChI=1S/C27H34O14/c1-26(34)17(40-18(29)9-6-13-4-7-14(36-2)8-5-13)10-27(35)15(23(33)37-3)12-38-25(22(26)27)41-24-21(32)20(31)19(30)16(11-28)39-24/h4-9,12,16-17,19-22,24-25,28,30-32,34-35H,10-11H2,1-3H3/b9-6+/t16-,17+,19-,20+,21-,22-,24+,25+,26+,27+/m1/s1. The van der Waals surface area contributed by atoms with Crippen molar-refractivity contribution in [2.24, 2.45) is 5.92 Å². The maximum absolute atomic E-state index is 12.7. The summed E-state index contributed by atoms with van der Waals surface area (Å²) in [4.78, 5) is 25.3. The molecule has 10 atom stereocenters. The quantitative estimate of drug-likeness (QED) is 0.150. The monoisotopic (exact) mass is 582 g/mol. The van der Waals surface area contributed by atoms with Crippen LogP contribution in [0.2, 0.25) is 0 Å². The van der Waals surface area contributed by atoms with Crippen LogP contribution in [0.25, 0.3) is 6.08 Å². The molecule has 0 amide bonds. The fourth-order valence-electron chi connectivity index (χ4n) is 5.37. The van der Waals surface area contributed by atoms with E-state index in [0.717, 1.165) is 19.4 Å². The molecule has 2 heterocycles. The van der Waals surface area contributed by atoms with Crippen molar-refractivity contribution in [2.75, 3.05) is 20.8 Å². The van der Waals surface area contributed by atoms with Gasteiger partial charge in [-0.1, -0.05) is 12.1 Å². The van der Waals surface area contributed by atoms with Crippen molar-refractivity contribution in [1.29, 1.82) is 0 Å². The number of carbonyl (C=O) groups excluding carboxylic acids is 2. The van der Waals surface area contributed by atoms with E-state index in [2.05, 4.69) is 0 Å². The SMILES string of the molecule is COC(=O)C1=CO[C@@H](O[C@@H]2O[C@H](CO)[C@@H](O)[C@H](O)[C@H]2O)[C@@H]2[C@@](C)(O)[C@@H](OC(=O)/C=C/c3ccc(OC)cc3)C[C@]12O. The highest BCUT2D eigenvalue weighted by Gasteiger charge is 2.69. The highest BCUT2D eigenvalue weighted by Crippen LogP contribution is 2.53. The third kappa shape index (κ3) is 5.82. The summed E-state index contributed by atoms with van der Waals surface area (Å²) in [5.41, 5.74) is -4.03. The molecule has 1 saturated heterocycles. The van der Waals surface area contributed by atoms with E-state index in [1.165, 1.54) is 20.1 Å². The summed E-state index contributed by atoms with van der Waals surface area (Å²) in [6, 6.07) is 6.81. The molecular formula is C27H34O14. The molecule has 1 aliphatic carbocycles. The molecule has 0 spiro atoms.